The summed E-state index contributed by atoms with van der Waals surface area (Å²) in [5, 5.41) is 11.9. The number of para-hydroxylation sites is 1. The van der Waals surface area contributed by atoms with Crippen LogP contribution in [0.4, 0.5) is 5.69 Å². The molecule has 20 heavy (non-hydrogen) atoms. The second-order valence-corrected chi connectivity index (χ2v) is 5.13. The van der Waals surface area contributed by atoms with Crippen LogP contribution >= 0.6 is 0 Å². The topological polar surface area (TPSA) is 69.6 Å². The summed E-state index contributed by atoms with van der Waals surface area (Å²) in [4.78, 5) is 24.3. The normalized spacial score (nSPS) is 10.4. The molecule has 5 nitrogen and oxygen atoms in total. The number of nitrogens with one attached hydrogen (secondary N) is 1. The third-order valence-electron chi connectivity index (χ3n) is 3.15. The van der Waals surface area contributed by atoms with Gasteiger partial charge in [-0.15, -0.1) is 0 Å². The number of nitrogens with zero attached hydrogens (tertiary/aromatic N) is 1. The summed E-state index contributed by atoms with van der Waals surface area (Å²) >= 11 is 0. The molecule has 1 rings (SSSR count). The first-order chi connectivity index (χ1) is 9.32. The van der Waals surface area contributed by atoms with Crippen molar-refractivity contribution < 1.29 is 14.7 Å². The summed E-state index contributed by atoms with van der Waals surface area (Å²) in [5.74, 6) is -1.22. The molecule has 0 atom stereocenters. The fourth-order valence-electron chi connectivity index (χ4n) is 2.06. The van der Waals surface area contributed by atoms with Crippen LogP contribution in [0.15, 0.2) is 18.2 Å². The quantitative estimate of drug-likeness (QED) is 0.835. The highest BCUT2D eigenvalue weighted by molar-refractivity contribution is 5.85. The number of rotatable bonds is 6. The highest BCUT2D eigenvalue weighted by atomic mass is 16.4. The third kappa shape index (κ3) is 4.26. The van der Waals surface area contributed by atoms with E-state index in [4.69, 9.17) is 5.11 Å². The average molecular weight is 278 g/mol. The van der Waals surface area contributed by atoms with Gasteiger partial charge in [0.25, 0.3) is 0 Å². The molecular formula is C15H22N2O3. The summed E-state index contributed by atoms with van der Waals surface area (Å²) in [7, 11) is 0. The maximum absolute atomic E-state index is 12.1. The number of carboxylic acid groups (broad SMARTS) is 1. The molecule has 0 aliphatic heterocycles. The van der Waals surface area contributed by atoms with Crippen molar-refractivity contribution in [3.8, 4) is 0 Å². The minimum Gasteiger partial charge on any atom is -0.480 e. The molecule has 0 aromatic heterocycles. The van der Waals surface area contributed by atoms with E-state index >= 15 is 0 Å². The Morgan fingerprint density at radius 1 is 1.25 bits per heavy atom. The zero-order valence-corrected chi connectivity index (χ0v) is 12.4. The van der Waals surface area contributed by atoms with Crippen LogP contribution < -0.4 is 5.32 Å². The van der Waals surface area contributed by atoms with E-state index in [0.29, 0.717) is 0 Å². The Morgan fingerprint density at radius 3 is 2.25 bits per heavy atom. The Balaban J connectivity index is 2.72. The van der Waals surface area contributed by atoms with Crippen LogP contribution in [-0.4, -0.2) is 41.0 Å². The zero-order valence-electron chi connectivity index (χ0n) is 12.4. The van der Waals surface area contributed by atoms with Gasteiger partial charge >= 0.3 is 5.97 Å². The van der Waals surface area contributed by atoms with Crippen molar-refractivity contribution in [2.45, 2.75) is 33.7 Å². The maximum Gasteiger partial charge on any atom is 0.323 e. The lowest BCUT2D eigenvalue weighted by molar-refractivity contribution is -0.145. The average Bonchev–Trinajstić information content (AvgIpc) is 2.34. The number of carbonyl (C=O) groups is 2. The van der Waals surface area contributed by atoms with Gasteiger partial charge in [0, 0.05) is 11.7 Å². The van der Waals surface area contributed by atoms with Crippen LogP contribution in [0.3, 0.4) is 0 Å². The SMILES string of the molecule is Cc1cccc(C)c1NCC(=O)N(CC(=O)O)C(C)C. The van der Waals surface area contributed by atoms with Crippen molar-refractivity contribution in [3.05, 3.63) is 29.3 Å². The molecule has 1 aromatic carbocycles. The van der Waals surface area contributed by atoms with E-state index in [2.05, 4.69) is 5.32 Å². The third-order valence-corrected chi connectivity index (χ3v) is 3.15. The van der Waals surface area contributed by atoms with Crippen LogP contribution in [0.1, 0.15) is 25.0 Å². The summed E-state index contributed by atoms with van der Waals surface area (Å²) in [6.45, 7) is 7.37. The number of aliphatic carboxylic acids is 1. The number of carboxylic acids is 1. The molecule has 5 heteroatoms. The second kappa shape index (κ2) is 6.93. The van der Waals surface area contributed by atoms with Gasteiger partial charge in [0.2, 0.25) is 5.91 Å². The van der Waals surface area contributed by atoms with E-state index in [0.717, 1.165) is 16.8 Å². The summed E-state index contributed by atoms with van der Waals surface area (Å²) < 4.78 is 0. The van der Waals surface area contributed by atoms with Crippen LogP contribution in [0.25, 0.3) is 0 Å². The lowest BCUT2D eigenvalue weighted by atomic mass is 10.1. The Kier molecular flexibility index (Phi) is 5.55. The predicted molar refractivity (Wildman–Crippen MR) is 78.9 cm³/mol. The molecule has 1 amide bonds. The van der Waals surface area contributed by atoms with Crippen LogP contribution in [-0.2, 0) is 9.59 Å². The predicted octanol–water partition coefficient (Wildman–Crippen LogP) is 2.04. The zero-order chi connectivity index (χ0) is 15.3. The lowest BCUT2D eigenvalue weighted by Gasteiger charge is -2.25. The molecular weight excluding hydrogens is 256 g/mol. The number of hydrogen-bond donors (Lipinski definition) is 2. The molecule has 0 spiro atoms. The maximum atomic E-state index is 12.1. The first-order valence-electron chi connectivity index (χ1n) is 6.64. The van der Waals surface area contributed by atoms with E-state index in [1.54, 1.807) is 13.8 Å². The summed E-state index contributed by atoms with van der Waals surface area (Å²) in [6.07, 6.45) is 0. The lowest BCUT2D eigenvalue weighted by Crippen LogP contribution is -2.43. The Bertz CT molecular complexity index is 478. The smallest absolute Gasteiger partial charge is 0.323 e. The summed E-state index contributed by atoms with van der Waals surface area (Å²) in [6, 6.07) is 5.76. The number of carbonyl (C=O) groups excluding carboxylic acids is 1. The molecule has 1 aromatic rings. The minimum absolute atomic E-state index is 0.0944. The van der Waals surface area contributed by atoms with Crippen molar-refractivity contribution in [1.82, 2.24) is 4.90 Å². The van der Waals surface area contributed by atoms with Gasteiger partial charge in [-0.2, -0.15) is 0 Å². The van der Waals surface area contributed by atoms with E-state index in [9.17, 15) is 9.59 Å². The number of anilines is 1. The molecule has 0 unspecified atom stereocenters. The van der Waals surface area contributed by atoms with Gasteiger partial charge in [0.15, 0.2) is 0 Å². The molecule has 0 aliphatic carbocycles. The van der Waals surface area contributed by atoms with Gasteiger partial charge in [0.1, 0.15) is 6.54 Å². The van der Waals surface area contributed by atoms with Gasteiger partial charge in [-0.05, 0) is 38.8 Å². The van der Waals surface area contributed by atoms with Crippen molar-refractivity contribution in [2.75, 3.05) is 18.4 Å². The van der Waals surface area contributed by atoms with Crippen molar-refractivity contribution >= 4 is 17.6 Å². The van der Waals surface area contributed by atoms with Gasteiger partial charge in [-0.3, -0.25) is 9.59 Å². The molecule has 0 saturated carbocycles. The van der Waals surface area contributed by atoms with Crippen LogP contribution in [0.2, 0.25) is 0 Å². The summed E-state index contributed by atoms with van der Waals surface area (Å²) in [5.41, 5.74) is 3.05. The van der Waals surface area contributed by atoms with Gasteiger partial charge in [0.05, 0.1) is 6.54 Å². The molecule has 0 fully saturated rings. The Hall–Kier alpha value is -2.04. The second-order valence-electron chi connectivity index (χ2n) is 5.13. The fourth-order valence-corrected chi connectivity index (χ4v) is 2.06. The van der Waals surface area contributed by atoms with Crippen LogP contribution in [0.5, 0.6) is 0 Å². The highest BCUT2D eigenvalue weighted by Crippen LogP contribution is 2.19. The van der Waals surface area contributed by atoms with Gasteiger partial charge in [-0.25, -0.2) is 0 Å². The van der Waals surface area contributed by atoms with Gasteiger partial charge < -0.3 is 15.3 Å². The molecule has 0 bridgehead atoms. The van der Waals surface area contributed by atoms with Crippen molar-refractivity contribution in [2.24, 2.45) is 0 Å². The standard InChI is InChI=1S/C15H22N2O3/c1-10(2)17(9-14(19)20)13(18)8-16-15-11(3)6-5-7-12(15)4/h5-7,10,16H,8-9H2,1-4H3,(H,19,20). The molecule has 0 heterocycles. The number of aryl methyl sites for hydroxylation is 2. The molecule has 110 valence electrons. The van der Waals surface area contributed by atoms with Crippen molar-refractivity contribution in [3.63, 3.8) is 0 Å². The number of hydrogen-bond acceptors (Lipinski definition) is 3. The largest absolute Gasteiger partial charge is 0.480 e. The number of benzene rings is 1. The molecule has 2 N–H and O–H groups in total. The van der Waals surface area contributed by atoms with E-state index in [1.807, 2.05) is 32.0 Å². The molecule has 0 radical (unpaired) electrons. The first-order valence-corrected chi connectivity index (χ1v) is 6.64. The Labute approximate surface area is 119 Å². The van der Waals surface area contributed by atoms with E-state index < -0.39 is 5.97 Å². The molecule has 0 saturated heterocycles. The van der Waals surface area contributed by atoms with Crippen LogP contribution in [0, 0.1) is 13.8 Å². The van der Waals surface area contributed by atoms with E-state index in [-0.39, 0.29) is 25.0 Å². The number of amides is 1. The highest BCUT2D eigenvalue weighted by Gasteiger charge is 2.19. The Morgan fingerprint density at radius 2 is 1.80 bits per heavy atom. The van der Waals surface area contributed by atoms with Crippen molar-refractivity contribution in [1.29, 1.82) is 0 Å². The van der Waals surface area contributed by atoms with Gasteiger partial charge in [-0.1, -0.05) is 18.2 Å². The fraction of sp³-hybridized carbons (Fsp3) is 0.467. The molecule has 0 aliphatic rings. The monoisotopic (exact) mass is 278 g/mol. The van der Waals surface area contributed by atoms with E-state index in [1.165, 1.54) is 4.90 Å². The first kappa shape index (κ1) is 16.0. The minimum atomic E-state index is -1.00.